The van der Waals surface area contributed by atoms with Gasteiger partial charge < -0.3 is 15.8 Å². The summed E-state index contributed by atoms with van der Waals surface area (Å²) in [5.41, 5.74) is 7.04. The Labute approximate surface area is 89.4 Å². The maximum atomic E-state index is 10.6. The van der Waals surface area contributed by atoms with Crippen LogP contribution in [0.5, 0.6) is 5.75 Å². The first kappa shape index (κ1) is 11.4. The van der Waals surface area contributed by atoms with Crippen molar-refractivity contribution >= 4 is 11.6 Å². The van der Waals surface area contributed by atoms with Gasteiger partial charge in [0.25, 0.3) is 0 Å². The van der Waals surface area contributed by atoms with Crippen LogP contribution in [-0.2, 0) is 11.2 Å². The van der Waals surface area contributed by atoms with E-state index in [0.29, 0.717) is 5.75 Å². The van der Waals surface area contributed by atoms with Gasteiger partial charge in [0.15, 0.2) is 0 Å². The van der Waals surface area contributed by atoms with Crippen LogP contribution in [0.2, 0.25) is 0 Å². The van der Waals surface area contributed by atoms with Crippen molar-refractivity contribution in [3.63, 3.8) is 0 Å². The van der Waals surface area contributed by atoms with Crippen molar-refractivity contribution < 1.29 is 9.53 Å². The third kappa shape index (κ3) is 3.16. The maximum Gasteiger partial charge on any atom is 0.236 e. The Morgan fingerprint density at radius 3 is 2.80 bits per heavy atom. The fraction of sp³-hybridized carbons (Fsp3) is 0.364. The predicted octanol–water partition coefficient (Wildman–Crippen LogP) is 1.15. The number of carbonyl (C=O) groups excluding carboxylic acids is 1. The molecule has 0 atom stereocenters. The van der Waals surface area contributed by atoms with E-state index >= 15 is 0 Å². The first-order chi connectivity index (χ1) is 7.17. The lowest BCUT2D eigenvalue weighted by atomic mass is 10.1. The Balaban J connectivity index is 2.85. The number of nitrogens with one attached hydrogen (secondary N) is 1. The summed E-state index contributed by atoms with van der Waals surface area (Å²) in [6.07, 6.45) is 0.940. The summed E-state index contributed by atoms with van der Waals surface area (Å²) in [5, 5.41) is 2.94. The molecule has 0 bridgehead atoms. The van der Waals surface area contributed by atoms with Crippen LogP contribution in [0.1, 0.15) is 12.5 Å². The minimum Gasteiger partial charge on any atom is -0.495 e. The largest absolute Gasteiger partial charge is 0.495 e. The van der Waals surface area contributed by atoms with Crippen LogP contribution in [0.3, 0.4) is 0 Å². The molecule has 0 heterocycles. The lowest BCUT2D eigenvalue weighted by Gasteiger charge is -2.11. The normalized spacial score (nSPS) is 9.73. The fourth-order valence-electron chi connectivity index (χ4n) is 1.30. The molecule has 1 rings (SSSR count). The van der Waals surface area contributed by atoms with Gasteiger partial charge in [-0.3, -0.25) is 4.79 Å². The van der Waals surface area contributed by atoms with Gasteiger partial charge >= 0.3 is 0 Å². The van der Waals surface area contributed by atoms with Crippen LogP contribution < -0.4 is 15.8 Å². The molecule has 0 fully saturated rings. The van der Waals surface area contributed by atoms with Gasteiger partial charge in [0.05, 0.1) is 19.3 Å². The molecule has 0 radical (unpaired) electrons. The SMILES string of the molecule is CCc1ccc(OC)c(NCC(N)=O)c1. The number of anilines is 1. The van der Waals surface area contributed by atoms with Crippen LogP contribution in [0, 0.1) is 0 Å². The molecule has 4 heteroatoms. The number of hydrogen-bond donors (Lipinski definition) is 2. The molecule has 0 saturated heterocycles. The van der Waals surface area contributed by atoms with E-state index in [4.69, 9.17) is 10.5 Å². The van der Waals surface area contributed by atoms with E-state index in [-0.39, 0.29) is 12.5 Å². The zero-order valence-corrected chi connectivity index (χ0v) is 9.04. The molecular formula is C11H16N2O2. The summed E-state index contributed by atoms with van der Waals surface area (Å²) >= 11 is 0. The zero-order chi connectivity index (χ0) is 11.3. The zero-order valence-electron chi connectivity index (χ0n) is 9.04. The number of amides is 1. The van der Waals surface area contributed by atoms with Gasteiger partial charge in [-0.2, -0.15) is 0 Å². The fourth-order valence-corrected chi connectivity index (χ4v) is 1.30. The molecule has 0 spiro atoms. The second-order valence-corrected chi connectivity index (χ2v) is 3.21. The Kier molecular flexibility index (Phi) is 3.97. The first-order valence-electron chi connectivity index (χ1n) is 4.86. The Hall–Kier alpha value is -1.71. The van der Waals surface area contributed by atoms with E-state index < -0.39 is 0 Å². The van der Waals surface area contributed by atoms with Crippen LogP contribution in [-0.4, -0.2) is 19.6 Å². The average molecular weight is 208 g/mol. The number of ether oxygens (including phenoxy) is 1. The van der Waals surface area contributed by atoms with Crippen molar-refractivity contribution in [3.05, 3.63) is 23.8 Å². The summed E-state index contributed by atoms with van der Waals surface area (Å²) in [4.78, 5) is 10.6. The number of primary amides is 1. The highest BCUT2D eigenvalue weighted by molar-refractivity contribution is 5.79. The minimum absolute atomic E-state index is 0.115. The van der Waals surface area contributed by atoms with Gasteiger partial charge in [-0.1, -0.05) is 13.0 Å². The molecule has 0 saturated carbocycles. The topological polar surface area (TPSA) is 64.3 Å². The average Bonchev–Trinajstić information content (AvgIpc) is 2.25. The van der Waals surface area contributed by atoms with Gasteiger partial charge in [-0.25, -0.2) is 0 Å². The molecular weight excluding hydrogens is 192 g/mol. The van der Waals surface area contributed by atoms with Gasteiger partial charge in [-0.05, 0) is 24.1 Å². The maximum absolute atomic E-state index is 10.6. The van der Waals surface area contributed by atoms with Crippen LogP contribution in [0.15, 0.2) is 18.2 Å². The van der Waals surface area contributed by atoms with Crippen molar-refractivity contribution in [1.29, 1.82) is 0 Å². The van der Waals surface area contributed by atoms with Gasteiger partial charge in [-0.15, -0.1) is 0 Å². The number of rotatable bonds is 5. The molecule has 1 aromatic carbocycles. The number of benzene rings is 1. The molecule has 3 N–H and O–H groups in total. The third-order valence-electron chi connectivity index (χ3n) is 2.13. The van der Waals surface area contributed by atoms with E-state index in [1.165, 1.54) is 5.56 Å². The standard InChI is InChI=1S/C11H16N2O2/c1-3-8-4-5-10(15-2)9(6-8)13-7-11(12)14/h4-6,13H,3,7H2,1-2H3,(H2,12,14). The van der Waals surface area contributed by atoms with Crippen molar-refractivity contribution in [2.75, 3.05) is 19.0 Å². The molecule has 0 aliphatic heterocycles. The molecule has 1 aromatic rings. The lowest BCUT2D eigenvalue weighted by Crippen LogP contribution is -2.22. The van der Waals surface area contributed by atoms with Gasteiger partial charge in [0.1, 0.15) is 5.75 Å². The van der Waals surface area contributed by atoms with Crippen LogP contribution >= 0.6 is 0 Å². The van der Waals surface area contributed by atoms with E-state index in [1.54, 1.807) is 7.11 Å². The number of aryl methyl sites for hydroxylation is 1. The van der Waals surface area contributed by atoms with Crippen molar-refractivity contribution in [2.45, 2.75) is 13.3 Å². The quantitative estimate of drug-likeness (QED) is 0.763. The predicted molar refractivity (Wildman–Crippen MR) is 60.1 cm³/mol. The Morgan fingerprint density at radius 2 is 2.27 bits per heavy atom. The van der Waals surface area contributed by atoms with E-state index in [1.807, 2.05) is 18.2 Å². The summed E-state index contributed by atoms with van der Waals surface area (Å²) in [6, 6.07) is 5.83. The Morgan fingerprint density at radius 1 is 1.53 bits per heavy atom. The highest BCUT2D eigenvalue weighted by Gasteiger charge is 2.04. The van der Waals surface area contributed by atoms with Crippen molar-refractivity contribution in [1.82, 2.24) is 0 Å². The number of methoxy groups -OCH3 is 1. The number of carbonyl (C=O) groups is 1. The summed E-state index contributed by atoms with van der Waals surface area (Å²) in [7, 11) is 1.59. The molecule has 0 aromatic heterocycles. The summed E-state index contributed by atoms with van der Waals surface area (Å²) in [6.45, 7) is 2.18. The molecule has 0 unspecified atom stereocenters. The molecule has 82 valence electrons. The monoisotopic (exact) mass is 208 g/mol. The number of hydrogen-bond acceptors (Lipinski definition) is 3. The third-order valence-corrected chi connectivity index (χ3v) is 2.13. The van der Waals surface area contributed by atoms with Crippen LogP contribution in [0.4, 0.5) is 5.69 Å². The summed E-state index contributed by atoms with van der Waals surface area (Å²) < 4.78 is 5.16. The van der Waals surface area contributed by atoms with E-state index in [2.05, 4.69) is 12.2 Å². The lowest BCUT2D eigenvalue weighted by molar-refractivity contribution is -0.116. The van der Waals surface area contributed by atoms with E-state index in [9.17, 15) is 4.79 Å². The van der Waals surface area contributed by atoms with Gasteiger partial charge in [0.2, 0.25) is 5.91 Å². The van der Waals surface area contributed by atoms with E-state index in [0.717, 1.165) is 12.1 Å². The highest BCUT2D eigenvalue weighted by Crippen LogP contribution is 2.25. The molecule has 0 aliphatic carbocycles. The number of nitrogens with two attached hydrogens (primary N) is 1. The first-order valence-corrected chi connectivity index (χ1v) is 4.86. The minimum atomic E-state index is -0.390. The molecule has 4 nitrogen and oxygen atoms in total. The molecule has 15 heavy (non-hydrogen) atoms. The molecule has 0 aliphatic rings. The highest BCUT2D eigenvalue weighted by atomic mass is 16.5. The Bertz CT molecular complexity index is 350. The van der Waals surface area contributed by atoms with Gasteiger partial charge in [0, 0.05) is 0 Å². The van der Waals surface area contributed by atoms with Crippen molar-refractivity contribution in [3.8, 4) is 5.75 Å². The van der Waals surface area contributed by atoms with Crippen LogP contribution in [0.25, 0.3) is 0 Å². The smallest absolute Gasteiger partial charge is 0.236 e. The summed E-state index contributed by atoms with van der Waals surface area (Å²) in [5.74, 6) is 0.326. The molecule has 1 amide bonds. The second-order valence-electron chi connectivity index (χ2n) is 3.21. The second kappa shape index (κ2) is 5.24. The van der Waals surface area contributed by atoms with Crippen molar-refractivity contribution in [2.24, 2.45) is 5.73 Å².